The van der Waals surface area contributed by atoms with E-state index >= 15 is 0 Å². The molecule has 0 bridgehead atoms. The molecule has 0 aliphatic heterocycles. The largest absolute Gasteiger partial charge is 0.497 e. The monoisotopic (exact) mass is 236 g/mol. The van der Waals surface area contributed by atoms with Crippen molar-refractivity contribution in [2.75, 3.05) is 19.6 Å². The number of hydrazone groups is 1. The van der Waals surface area contributed by atoms with Crippen LogP contribution >= 0.6 is 0 Å². The van der Waals surface area contributed by atoms with Crippen LogP contribution in [0.3, 0.4) is 0 Å². The highest BCUT2D eigenvalue weighted by molar-refractivity contribution is 6.38. The summed E-state index contributed by atoms with van der Waals surface area (Å²) in [6.45, 7) is 3.10. The fourth-order valence-corrected chi connectivity index (χ4v) is 1.12. The standard InChI is InChI=1S/C12H16N2O3/c1-8(9(2)15)13-14-11-7-10(16-3)5-6-12(11)17-4/h5-7,14H,1-4H3/b13-8+. The van der Waals surface area contributed by atoms with Crippen LogP contribution in [0.5, 0.6) is 11.5 Å². The van der Waals surface area contributed by atoms with E-state index in [-0.39, 0.29) is 5.78 Å². The van der Waals surface area contributed by atoms with Crippen LogP contribution in [0.15, 0.2) is 23.3 Å². The summed E-state index contributed by atoms with van der Waals surface area (Å²) in [7, 11) is 3.14. The lowest BCUT2D eigenvalue weighted by Crippen LogP contribution is -2.07. The minimum Gasteiger partial charge on any atom is -0.497 e. The van der Waals surface area contributed by atoms with Crippen molar-refractivity contribution in [3.8, 4) is 11.5 Å². The van der Waals surface area contributed by atoms with E-state index in [0.29, 0.717) is 22.9 Å². The molecule has 1 aromatic rings. The third-order valence-electron chi connectivity index (χ3n) is 2.26. The predicted molar refractivity (Wildman–Crippen MR) is 67.0 cm³/mol. The first-order valence-electron chi connectivity index (χ1n) is 5.11. The third kappa shape index (κ3) is 3.48. The first-order chi connectivity index (χ1) is 8.08. The molecule has 0 saturated carbocycles. The minimum atomic E-state index is -0.0839. The number of nitrogens with zero attached hydrogens (tertiary/aromatic N) is 1. The quantitative estimate of drug-likeness (QED) is 0.628. The zero-order chi connectivity index (χ0) is 12.8. The molecular weight excluding hydrogens is 220 g/mol. The van der Waals surface area contributed by atoms with Crippen LogP contribution in [0.1, 0.15) is 13.8 Å². The number of methoxy groups -OCH3 is 2. The van der Waals surface area contributed by atoms with Crippen LogP contribution in [0.25, 0.3) is 0 Å². The fraction of sp³-hybridized carbons (Fsp3) is 0.333. The van der Waals surface area contributed by atoms with E-state index in [9.17, 15) is 4.79 Å². The van der Waals surface area contributed by atoms with Crippen molar-refractivity contribution >= 4 is 17.2 Å². The molecule has 92 valence electrons. The van der Waals surface area contributed by atoms with Crippen molar-refractivity contribution in [2.45, 2.75) is 13.8 Å². The van der Waals surface area contributed by atoms with Gasteiger partial charge in [-0.1, -0.05) is 0 Å². The van der Waals surface area contributed by atoms with Gasteiger partial charge in [0.2, 0.25) is 0 Å². The molecule has 1 aromatic carbocycles. The second-order valence-electron chi connectivity index (χ2n) is 3.43. The van der Waals surface area contributed by atoms with Crippen LogP contribution in [-0.2, 0) is 4.79 Å². The van der Waals surface area contributed by atoms with Crippen molar-refractivity contribution in [2.24, 2.45) is 5.10 Å². The van der Waals surface area contributed by atoms with E-state index in [4.69, 9.17) is 9.47 Å². The van der Waals surface area contributed by atoms with E-state index in [0.717, 1.165) is 0 Å². The van der Waals surface area contributed by atoms with Crippen LogP contribution in [-0.4, -0.2) is 25.7 Å². The van der Waals surface area contributed by atoms with E-state index in [2.05, 4.69) is 10.5 Å². The third-order valence-corrected chi connectivity index (χ3v) is 2.26. The normalized spacial score (nSPS) is 10.9. The van der Waals surface area contributed by atoms with Crippen molar-refractivity contribution < 1.29 is 14.3 Å². The smallest absolute Gasteiger partial charge is 0.175 e. The summed E-state index contributed by atoms with van der Waals surface area (Å²) in [6, 6.07) is 5.29. The van der Waals surface area contributed by atoms with Gasteiger partial charge in [-0.15, -0.1) is 0 Å². The highest BCUT2D eigenvalue weighted by atomic mass is 16.5. The second kappa shape index (κ2) is 5.89. The summed E-state index contributed by atoms with van der Waals surface area (Å²) in [6.07, 6.45) is 0. The molecule has 0 fully saturated rings. The number of carbonyl (C=O) groups excluding carboxylic acids is 1. The summed E-state index contributed by atoms with van der Waals surface area (Å²) in [5.74, 6) is 1.23. The number of rotatable bonds is 5. The maximum absolute atomic E-state index is 11.0. The molecule has 0 aromatic heterocycles. The van der Waals surface area contributed by atoms with Gasteiger partial charge in [0.1, 0.15) is 22.9 Å². The van der Waals surface area contributed by atoms with Gasteiger partial charge in [-0.3, -0.25) is 10.2 Å². The minimum absolute atomic E-state index is 0.0839. The Bertz CT molecular complexity index is 441. The average molecular weight is 236 g/mol. The van der Waals surface area contributed by atoms with Gasteiger partial charge in [0.05, 0.1) is 14.2 Å². The molecule has 0 heterocycles. The van der Waals surface area contributed by atoms with Gasteiger partial charge in [0.15, 0.2) is 5.78 Å². The molecule has 5 nitrogen and oxygen atoms in total. The Kier molecular flexibility index (Phi) is 4.51. The van der Waals surface area contributed by atoms with Crippen molar-refractivity contribution in [3.63, 3.8) is 0 Å². The van der Waals surface area contributed by atoms with E-state index in [1.54, 1.807) is 39.3 Å². The van der Waals surface area contributed by atoms with Gasteiger partial charge in [-0.05, 0) is 19.1 Å². The lowest BCUT2D eigenvalue weighted by Gasteiger charge is -2.09. The Labute approximate surface area is 100 Å². The molecule has 0 unspecified atom stereocenters. The highest BCUT2D eigenvalue weighted by Gasteiger charge is 2.04. The van der Waals surface area contributed by atoms with Gasteiger partial charge < -0.3 is 9.47 Å². The van der Waals surface area contributed by atoms with E-state index in [1.165, 1.54) is 6.92 Å². The topological polar surface area (TPSA) is 59.9 Å². The lowest BCUT2D eigenvalue weighted by atomic mass is 10.3. The predicted octanol–water partition coefficient (Wildman–Crippen LogP) is 2.08. The zero-order valence-corrected chi connectivity index (χ0v) is 10.4. The van der Waals surface area contributed by atoms with Crippen molar-refractivity contribution in [1.82, 2.24) is 0 Å². The molecule has 0 amide bonds. The molecule has 5 heteroatoms. The summed E-state index contributed by atoms with van der Waals surface area (Å²) in [4.78, 5) is 11.0. The number of Topliss-reactive ketones (excluding diaryl/α,β-unsaturated/α-hetero) is 1. The number of benzene rings is 1. The molecule has 0 saturated heterocycles. The number of anilines is 1. The van der Waals surface area contributed by atoms with Crippen molar-refractivity contribution in [1.29, 1.82) is 0 Å². The second-order valence-corrected chi connectivity index (χ2v) is 3.43. The molecule has 0 spiro atoms. The van der Waals surface area contributed by atoms with Crippen molar-refractivity contribution in [3.05, 3.63) is 18.2 Å². The van der Waals surface area contributed by atoms with Gasteiger partial charge >= 0.3 is 0 Å². The molecule has 0 atom stereocenters. The first-order valence-corrected chi connectivity index (χ1v) is 5.11. The van der Waals surface area contributed by atoms with Gasteiger partial charge in [0.25, 0.3) is 0 Å². The zero-order valence-electron chi connectivity index (χ0n) is 10.4. The molecule has 0 aliphatic rings. The summed E-state index contributed by atoms with van der Waals surface area (Å²) in [5, 5.41) is 3.96. The molecule has 17 heavy (non-hydrogen) atoms. The number of nitrogens with one attached hydrogen (secondary N) is 1. The Balaban J connectivity index is 2.95. The SMILES string of the molecule is COc1ccc(OC)c(N/N=C(\C)C(C)=O)c1. The average Bonchev–Trinajstić information content (AvgIpc) is 2.35. The molecule has 1 rings (SSSR count). The number of ether oxygens (including phenoxy) is 2. The summed E-state index contributed by atoms with van der Waals surface area (Å²) >= 11 is 0. The highest BCUT2D eigenvalue weighted by Crippen LogP contribution is 2.28. The van der Waals surface area contributed by atoms with Crippen LogP contribution < -0.4 is 14.9 Å². The summed E-state index contributed by atoms with van der Waals surface area (Å²) < 4.78 is 10.3. The number of hydrogen-bond donors (Lipinski definition) is 1. The van der Waals surface area contributed by atoms with Crippen LogP contribution in [0.4, 0.5) is 5.69 Å². The number of hydrogen-bond acceptors (Lipinski definition) is 5. The molecular formula is C12H16N2O3. The maximum atomic E-state index is 11.0. The molecule has 0 radical (unpaired) electrons. The van der Waals surface area contributed by atoms with Crippen LogP contribution in [0, 0.1) is 0 Å². The van der Waals surface area contributed by atoms with Gasteiger partial charge in [-0.2, -0.15) is 5.10 Å². The van der Waals surface area contributed by atoms with Crippen LogP contribution in [0.2, 0.25) is 0 Å². The number of carbonyl (C=O) groups is 1. The Morgan fingerprint density at radius 3 is 2.47 bits per heavy atom. The molecule has 0 aliphatic carbocycles. The lowest BCUT2D eigenvalue weighted by molar-refractivity contribution is -0.111. The molecule has 1 N–H and O–H groups in total. The van der Waals surface area contributed by atoms with E-state index in [1.807, 2.05) is 0 Å². The number of ketones is 1. The van der Waals surface area contributed by atoms with Gasteiger partial charge in [-0.25, -0.2) is 0 Å². The fourth-order valence-electron chi connectivity index (χ4n) is 1.12. The Morgan fingerprint density at radius 2 is 1.94 bits per heavy atom. The Morgan fingerprint density at radius 1 is 1.24 bits per heavy atom. The first kappa shape index (κ1) is 13.0. The Hall–Kier alpha value is -2.04. The summed E-state index contributed by atoms with van der Waals surface area (Å²) in [5.41, 5.74) is 3.83. The maximum Gasteiger partial charge on any atom is 0.175 e. The van der Waals surface area contributed by atoms with E-state index < -0.39 is 0 Å². The van der Waals surface area contributed by atoms with Gasteiger partial charge in [0, 0.05) is 13.0 Å².